The number of aromatic nitrogens is 4. The summed E-state index contributed by atoms with van der Waals surface area (Å²) >= 11 is 0. The Bertz CT molecular complexity index is 1170. The molecule has 0 radical (unpaired) electrons. The Morgan fingerprint density at radius 1 is 0.968 bits per heavy atom. The van der Waals surface area contributed by atoms with Gasteiger partial charge >= 0.3 is 0 Å². The van der Waals surface area contributed by atoms with E-state index in [1.54, 1.807) is 0 Å². The van der Waals surface area contributed by atoms with E-state index >= 15 is 0 Å². The van der Waals surface area contributed by atoms with Gasteiger partial charge in [0, 0.05) is 17.3 Å². The summed E-state index contributed by atoms with van der Waals surface area (Å²) < 4.78 is 8.09. The minimum Gasteiger partial charge on any atom is -0.384 e. The van der Waals surface area contributed by atoms with Crippen LogP contribution in [0.15, 0.2) is 60.8 Å². The topological polar surface area (TPSA) is 78.9 Å². The lowest BCUT2D eigenvalue weighted by molar-refractivity contribution is 0.104. The molecule has 1 aliphatic heterocycles. The fourth-order valence-electron chi connectivity index (χ4n) is 3.95. The number of hydrogen-bond acceptors (Lipinski definition) is 5. The van der Waals surface area contributed by atoms with Crippen LogP contribution < -0.4 is 5.73 Å². The predicted molar refractivity (Wildman–Crippen MR) is 123 cm³/mol. The number of nitrogen functional groups attached to an aromatic ring is 1. The van der Waals surface area contributed by atoms with Gasteiger partial charge in [-0.2, -0.15) is 0 Å². The van der Waals surface area contributed by atoms with Gasteiger partial charge in [-0.3, -0.25) is 4.57 Å². The quantitative estimate of drug-likeness (QED) is 0.518. The van der Waals surface area contributed by atoms with Crippen LogP contribution in [0, 0.1) is 6.92 Å². The van der Waals surface area contributed by atoms with Crippen molar-refractivity contribution in [1.29, 1.82) is 0 Å². The second kappa shape index (κ2) is 9.10. The molecule has 0 aliphatic carbocycles. The molecule has 0 fully saturated rings. The first-order valence-electron chi connectivity index (χ1n) is 10.6. The smallest absolute Gasteiger partial charge is 0.163 e. The van der Waals surface area contributed by atoms with Gasteiger partial charge < -0.3 is 10.5 Å². The minimum atomic E-state index is 0.444. The largest absolute Gasteiger partial charge is 0.384 e. The molecule has 2 aromatic carbocycles. The summed E-state index contributed by atoms with van der Waals surface area (Å²) in [5.74, 6) is 2.20. The summed E-state index contributed by atoms with van der Waals surface area (Å²) in [7, 11) is 0. The lowest BCUT2D eigenvalue weighted by atomic mass is 9.90. The molecule has 5 rings (SSSR count). The third-order valence-electron chi connectivity index (χ3n) is 5.34. The van der Waals surface area contributed by atoms with Crippen LogP contribution in [0.3, 0.4) is 0 Å². The zero-order chi connectivity index (χ0) is 21.8. The Balaban J connectivity index is 0.00000112. The molecule has 6 nitrogen and oxygen atoms in total. The van der Waals surface area contributed by atoms with Gasteiger partial charge in [0.05, 0.1) is 12.3 Å². The Hall–Kier alpha value is -3.51. The molecule has 2 N–H and O–H groups in total. The first kappa shape index (κ1) is 20.8. The Labute approximate surface area is 182 Å². The van der Waals surface area contributed by atoms with E-state index < -0.39 is 0 Å². The predicted octanol–water partition coefficient (Wildman–Crippen LogP) is 4.87. The number of anilines is 1. The second-order valence-corrected chi connectivity index (χ2v) is 7.22. The van der Waals surface area contributed by atoms with Crippen LogP contribution in [-0.2, 0) is 24.4 Å². The van der Waals surface area contributed by atoms with E-state index in [0.717, 1.165) is 40.4 Å². The highest BCUT2D eigenvalue weighted by Gasteiger charge is 2.23. The Morgan fingerprint density at radius 2 is 1.77 bits per heavy atom. The van der Waals surface area contributed by atoms with E-state index in [2.05, 4.69) is 56.1 Å². The summed E-state index contributed by atoms with van der Waals surface area (Å²) in [5.41, 5.74) is 12.7. The van der Waals surface area contributed by atoms with Gasteiger partial charge in [0.1, 0.15) is 18.2 Å². The minimum absolute atomic E-state index is 0.444. The van der Waals surface area contributed by atoms with Crippen molar-refractivity contribution in [1.82, 2.24) is 19.7 Å². The molecule has 2 aromatic heterocycles. The summed E-state index contributed by atoms with van der Waals surface area (Å²) in [4.78, 5) is 4.30. The molecule has 3 heterocycles. The highest BCUT2D eigenvalue weighted by molar-refractivity contribution is 5.72. The fraction of sp³-hybridized carbons (Fsp3) is 0.240. The van der Waals surface area contributed by atoms with Crippen LogP contribution in [0.1, 0.15) is 42.2 Å². The second-order valence-electron chi connectivity index (χ2n) is 7.22. The summed E-state index contributed by atoms with van der Waals surface area (Å²) in [6.07, 6.45) is 2.63. The fourth-order valence-corrected chi connectivity index (χ4v) is 3.95. The van der Waals surface area contributed by atoms with E-state index in [4.69, 9.17) is 10.5 Å². The van der Waals surface area contributed by atoms with E-state index in [-0.39, 0.29) is 0 Å². The van der Waals surface area contributed by atoms with Crippen molar-refractivity contribution in [2.24, 2.45) is 0 Å². The maximum Gasteiger partial charge on any atom is 0.163 e. The number of nitrogens with two attached hydrogens (primary N) is 1. The molecule has 0 saturated carbocycles. The van der Waals surface area contributed by atoms with Crippen molar-refractivity contribution in [3.8, 4) is 16.8 Å². The number of aryl methyl sites for hydroxylation is 1. The van der Waals surface area contributed by atoms with Gasteiger partial charge in [0.15, 0.2) is 5.82 Å². The molecule has 0 amide bonds. The Kier molecular flexibility index (Phi) is 6.09. The lowest BCUT2D eigenvalue weighted by Crippen LogP contribution is -2.07. The molecule has 0 unspecified atom stereocenters. The van der Waals surface area contributed by atoms with Crippen molar-refractivity contribution < 1.29 is 4.74 Å². The van der Waals surface area contributed by atoms with Crippen LogP contribution in [0.4, 0.5) is 5.82 Å². The normalized spacial score (nSPS) is 12.2. The van der Waals surface area contributed by atoms with E-state index in [1.807, 2.05) is 45.2 Å². The first-order chi connectivity index (χ1) is 15.2. The molecular formula is C25H27N5O. The highest BCUT2D eigenvalue weighted by Crippen LogP contribution is 2.35. The molecule has 31 heavy (non-hydrogen) atoms. The highest BCUT2D eigenvalue weighted by atomic mass is 16.5. The van der Waals surface area contributed by atoms with Crippen LogP contribution in [0.2, 0.25) is 0 Å². The molecule has 0 atom stereocenters. The van der Waals surface area contributed by atoms with Crippen molar-refractivity contribution in [2.45, 2.75) is 40.4 Å². The summed E-state index contributed by atoms with van der Waals surface area (Å²) in [5, 5.41) is 8.54. The van der Waals surface area contributed by atoms with Crippen molar-refractivity contribution >= 4 is 5.82 Å². The zero-order valence-electron chi connectivity index (χ0n) is 18.2. The van der Waals surface area contributed by atoms with Crippen molar-refractivity contribution in [3.63, 3.8) is 0 Å². The van der Waals surface area contributed by atoms with Gasteiger partial charge in [-0.25, -0.2) is 4.98 Å². The van der Waals surface area contributed by atoms with Crippen molar-refractivity contribution in [2.75, 3.05) is 5.73 Å². The number of ether oxygens (including phenoxy) is 1. The third-order valence-corrected chi connectivity index (χ3v) is 5.34. The number of rotatable bonds is 3. The van der Waals surface area contributed by atoms with E-state index in [1.165, 1.54) is 11.1 Å². The number of nitrogens with zero attached hydrogens (tertiary/aromatic N) is 4. The van der Waals surface area contributed by atoms with Gasteiger partial charge in [-0.15, -0.1) is 10.2 Å². The number of fused-ring (bicyclic) bond motifs is 3. The number of pyridine rings is 1. The molecular weight excluding hydrogens is 386 g/mol. The molecule has 0 spiro atoms. The van der Waals surface area contributed by atoms with Gasteiger partial charge in [0.2, 0.25) is 0 Å². The maximum absolute atomic E-state index is 5.99. The SMILES string of the molecule is CC.Cc1nnc2n1-c1ccc(-c3ccc(N)nc3)c(Cc3ccccc3)c1COC2. The van der Waals surface area contributed by atoms with E-state index in [9.17, 15) is 0 Å². The zero-order valence-corrected chi connectivity index (χ0v) is 18.2. The van der Waals surface area contributed by atoms with Crippen LogP contribution >= 0.6 is 0 Å². The lowest BCUT2D eigenvalue weighted by Gasteiger charge is -2.19. The third kappa shape index (κ3) is 4.07. The molecule has 4 aromatic rings. The van der Waals surface area contributed by atoms with Crippen molar-refractivity contribution in [3.05, 3.63) is 89.1 Å². The van der Waals surface area contributed by atoms with Crippen LogP contribution in [0.25, 0.3) is 16.8 Å². The average molecular weight is 414 g/mol. The maximum atomic E-state index is 5.99. The molecule has 0 saturated heterocycles. The molecule has 158 valence electrons. The van der Waals surface area contributed by atoms with Gasteiger partial charge in [-0.1, -0.05) is 50.2 Å². The van der Waals surface area contributed by atoms with E-state index in [0.29, 0.717) is 19.0 Å². The number of benzene rings is 2. The van der Waals surface area contributed by atoms with Crippen LogP contribution in [0.5, 0.6) is 0 Å². The summed E-state index contributed by atoms with van der Waals surface area (Å²) in [6, 6.07) is 18.6. The average Bonchev–Trinajstić information content (AvgIpc) is 3.06. The number of hydrogen-bond donors (Lipinski definition) is 1. The molecule has 6 heteroatoms. The van der Waals surface area contributed by atoms with Gasteiger partial charge in [0.25, 0.3) is 0 Å². The first-order valence-corrected chi connectivity index (χ1v) is 10.6. The van der Waals surface area contributed by atoms with Crippen LogP contribution in [-0.4, -0.2) is 19.7 Å². The van der Waals surface area contributed by atoms with Gasteiger partial charge in [-0.05, 0) is 48.2 Å². The molecule has 1 aliphatic rings. The molecule has 0 bridgehead atoms. The monoisotopic (exact) mass is 413 g/mol. The standard InChI is InChI=1S/C23H21N5O.C2H6/c1-15-26-27-23-14-29-13-20-19(11-16-5-3-2-4-6-16)18(8-9-21(20)28(15)23)17-7-10-22(24)25-12-17;1-2/h2-10,12H,11,13-14H2,1H3,(H2,24,25);1-2H3. The summed E-state index contributed by atoms with van der Waals surface area (Å²) in [6.45, 7) is 6.94. The Morgan fingerprint density at radius 3 is 2.52 bits per heavy atom.